The van der Waals surface area contributed by atoms with Crippen LogP contribution in [0.2, 0.25) is 0 Å². The lowest BCUT2D eigenvalue weighted by molar-refractivity contribution is 0.0961. The van der Waals surface area contributed by atoms with Gasteiger partial charge in [-0.3, -0.25) is 9.69 Å². The molecule has 2 aliphatic rings. The van der Waals surface area contributed by atoms with Crippen LogP contribution in [0.5, 0.6) is 0 Å². The van der Waals surface area contributed by atoms with Crippen molar-refractivity contribution in [2.24, 2.45) is 11.7 Å². The summed E-state index contributed by atoms with van der Waals surface area (Å²) < 4.78 is 5.83. The highest BCUT2D eigenvalue weighted by Gasteiger charge is 2.28. The molecule has 0 bridgehead atoms. The standard InChI is InChI=1S/C21H36N4O2/c1-21(2,3)19-17(12-18(27-19)20(22)26)15-25-7-5-6-16(14-25)13-24-10-8-23(4)9-11-24/h12,16H,5-11,13-15H2,1-4H3,(H2,22,26). The zero-order valence-corrected chi connectivity index (χ0v) is 17.5. The van der Waals surface area contributed by atoms with Crippen LogP contribution in [0, 0.1) is 5.92 Å². The van der Waals surface area contributed by atoms with E-state index in [2.05, 4.69) is 42.5 Å². The van der Waals surface area contributed by atoms with E-state index < -0.39 is 5.91 Å². The molecule has 1 amide bonds. The smallest absolute Gasteiger partial charge is 0.284 e. The number of carbonyl (C=O) groups is 1. The van der Waals surface area contributed by atoms with E-state index in [1.807, 2.05) is 6.07 Å². The van der Waals surface area contributed by atoms with Crippen molar-refractivity contribution < 1.29 is 9.21 Å². The summed E-state index contributed by atoms with van der Waals surface area (Å²) in [7, 11) is 2.21. The van der Waals surface area contributed by atoms with Gasteiger partial charge in [-0.2, -0.15) is 0 Å². The van der Waals surface area contributed by atoms with Crippen molar-refractivity contribution in [1.82, 2.24) is 14.7 Å². The summed E-state index contributed by atoms with van der Waals surface area (Å²) in [6.07, 6.45) is 2.55. The van der Waals surface area contributed by atoms with Gasteiger partial charge in [0.1, 0.15) is 5.76 Å². The summed E-state index contributed by atoms with van der Waals surface area (Å²) >= 11 is 0. The van der Waals surface area contributed by atoms with Gasteiger partial charge >= 0.3 is 0 Å². The molecule has 3 heterocycles. The van der Waals surface area contributed by atoms with Gasteiger partial charge in [-0.05, 0) is 38.4 Å². The molecular weight excluding hydrogens is 340 g/mol. The highest BCUT2D eigenvalue weighted by molar-refractivity contribution is 5.90. The molecule has 2 N–H and O–H groups in total. The second kappa shape index (κ2) is 8.33. The van der Waals surface area contributed by atoms with Crippen LogP contribution in [0.3, 0.4) is 0 Å². The normalized spacial score (nSPS) is 23.6. The molecule has 27 heavy (non-hydrogen) atoms. The Hall–Kier alpha value is -1.37. The Morgan fingerprint density at radius 3 is 2.52 bits per heavy atom. The number of rotatable bonds is 5. The number of hydrogen-bond acceptors (Lipinski definition) is 5. The Kier molecular flexibility index (Phi) is 6.28. The van der Waals surface area contributed by atoms with Gasteiger partial charge in [-0.1, -0.05) is 20.8 Å². The minimum Gasteiger partial charge on any atom is -0.455 e. The Labute approximate surface area is 163 Å². The van der Waals surface area contributed by atoms with Gasteiger partial charge in [0.15, 0.2) is 5.76 Å². The number of furan rings is 1. The van der Waals surface area contributed by atoms with Gasteiger partial charge in [-0.25, -0.2) is 0 Å². The number of nitrogens with two attached hydrogens (primary N) is 1. The van der Waals surface area contributed by atoms with Gasteiger partial charge < -0.3 is 20.0 Å². The van der Waals surface area contributed by atoms with E-state index in [1.165, 1.54) is 45.6 Å². The Balaban J connectivity index is 1.63. The number of hydrogen-bond donors (Lipinski definition) is 1. The van der Waals surface area contributed by atoms with E-state index in [-0.39, 0.29) is 11.2 Å². The van der Waals surface area contributed by atoms with Crippen molar-refractivity contribution in [2.45, 2.75) is 45.6 Å². The first-order chi connectivity index (χ1) is 12.7. The van der Waals surface area contributed by atoms with E-state index in [4.69, 9.17) is 10.2 Å². The predicted octanol–water partition coefficient (Wildman–Crippen LogP) is 2.14. The number of nitrogens with zero attached hydrogens (tertiary/aromatic N) is 3. The number of piperazine rings is 1. The molecule has 3 rings (SSSR count). The fraction of sp³-hybridized carbons (Fsp3) is 0.762. The second-order valence-electron chi connectivity index (χ2n) is 9.43. The van der Waals surface area contributed by atoms with Gasteiger partial charge in [0.2, 0.25) is 0 Å². The molecule has 152 valence electrons. The SMILES string of the molecule is CN1CCN(CC2CCCN(Cc3cc(C(N)=O)oc3C(C)(C)C)C2)CC1. The van der Waals surface area contributed by atoms with Crippen molar-refractivity contribution in [2.75, 3.05) is 52.9 Å². The minimum absolute atomic E-state index is 0.141. The molecule has 6 nitrogen and oxygen atoms in total. The summed E-state index contributed by atoms with van der Waals surface area (Å²) in [5, 5.41) is 0. The van der Waals surface area contributed by atoms with Gasteiger partial charge in [0.05, 0.1) is 0 Å². The second-order valence-corrected chi connectivity index (χ2v) is 9.43. The predicted molar refractivity (Wildman–Crippen MR) is 108 cm³/mol. The first-order valence-electron chi connectivity index (χ1n) is 10.3. The topological polar surface area (TPSA) is 66.0 Å². The average Bonchev–Trinajstić information content (AvgIpc) is 3.02. The van der Waals surface area contributed by atoms with Crippen molar-refractivity contribution in [1.29, 1.82) is 0 Å². The lowest BCUT2D eigenvalue weighted by Gasteiger charge is -2.38. The Bertz CT molecular complexity index is 641. The van der Waals surface area contributed by atoms with Crippen molar-refractivity contribution >= 4 is 5.91 Å². The molecule has 1 aromatic heterocycles. The van der Waals surface area contributed by atoms with E-state index in [0.29, 0.717) is 0 Å². The molecule has 0 aromatic carbocycles. The van der Waals surface area contributed by atoms with Crippen LogP contribution in [0.25, 0.3) is 0 Å². The summed E-state index contributed by atoms with van der Waals surface area (Å²) in [6.45, 7) is 15.3. The van der Waals surface area contributed by atoms with Gasteiger partial charge in [0.25, 0.3) is 5.91 Å². The molecule has 6 heteroatoms. The quantitative estimate of drug-likeness (QED) is 0.853. The first-order valence-corrected chi connectivity index (χ1v) is 10.3. The number of carbonyl (C=O) groups excluding carboxylic acids is 1. The molecule has 1 atom stereocenters. The molecule has 2 aliphatic heterocycles. The summed E-state index contributed by atoms with van der Waals surface area (Å²) in [5.74, 6) is 1.40. The maximum atomic E-state index is 11.6. The lowest BCUT2D eigenvalue weighted by atomic mass is 9.90. The van der Waals surface area contributed by atoms with Crippen molar-refractivity contribution in [3.63, 3.8) is 0 Å². The van der Waals surface area contributed by atoms with Crippen LogP contribution in [0.1, 0.15) is 55.5 Å². The number of amides is 1. The third-order valence-electron chi connectivity index (χ3n) is 5.84. The van der Waals surface area contributed by atoms with Crippen LogP contribution in [0.4, 0.5) is 0 Å². The summed E-state index contributed by atoms with van der Waals surface area (Å²) in [6, 6.07) is 1.85. The molecule has 2 fully saturated rings. The monoisotopic (exact) mass is 376 g/mol. The zero-order chi connectivity index (χ0) is 19.6. The van der Waals surface area contributed by atoms with E-state index in [1.54, 1.807) is 0 Å². The van der Waals surface area contributed by atoms with E-state index >= 15 is 0 Å². The largest absolute Gasteiger partial charge is 0.455 e. The minimum atomic E-state index is -0.488. The van der Waals surface area contributed by atoms with E-state index in [9.17, 15) is 4.79 Å². The van der Waals surface area contributed by atoms with Gasteiger partial charge in [-0.15, -0.1) is 0 Å². The molecule has 1 aromatic rings. The molecule has 1 unspecified atom stereocenters. The number of likely N-dealkylation sites (tertiary alicyclic amines) is 1. The average molecular weight is 377 g/mol. The highest BCUT2D eigenvalue weighted by Crippen LogP contribution is 2.31. The van der Waals surface area contributed by atoms with Crippen LogP contribution in [-0.2, 0) is 12.0 Å². The molecule has 0 saturated carbocycles. The number of piperidine rings is 1. The fourth-order valence-electron chi connectivity index (χ4n) is 4.38. The first kappa shape index (κ1) is 20.4. The highest BCUT2D eigenvalue weighted by atomic mass is 16.4. The van der Waals surface area contributed by atoms with Crippen LogP contribution in [0.15, 0.2) is 10.5 Å². The molecule has 0 radical (unpaired) electrons. The van der Waals surface area contributed by atoms with E-state index in [0.717, 1.165) is 36.9 Å². The van der Waals surface area contributed by atoms with Crippen LogP contribution >= 0.6 is 0 Å². The summed E-state index contributed by atoms with van der Waals surface area (Å²) in [5.41, 5.74) is 6.42. The fourth-order valence-corrected chi connectivity index (χ4v) is 4.38. The van der Waals surface area contributed by atoms with Crippen LogP contribution in [-0.4, -0.2) is 73.5 Å². The molecule has 0 aliphatic carbocycles. The molecule has 0 spiro atoms. The number of likely N-dealkylation sites (N-methyl/N-ethyl adjacent to an activating group) is 1. The van der Waals surface area contributed by atoms with Gasteiger partial charge in [0, 0.05) is 56.8 Å². The summed E-state index contributed by atoms with van der Waals surface area (Å²) in [4.78, 5) is 19.1. The zero-order valence-electron chi connectivity index (χ0n) is 17.5. The van der Waals surface area contributed by atoms with Crippen molar-refractivity contribution in [3.8, 4) is 0 Å². The Morgan fingerprint density at radius 2 is 1.89 bits per heavy atom. The maximum Gasteiger partial charge on any atom is 0.284 e. The lowest BCUT2D eigenvalue weighted by Crippen LogP contribution is -2.48. The number of primary amides is 1. The van der Waals surface area contributed by atoms with Crippen LogP contribution < -0.4 is 5.73 Å². The third kappa shape index (κ3) is 5.33. The van der Waals surface area contributed by atoms with Crippen molar-refractivity contribution in [3.05, 3.63) is 23.2 Å². The molecular formula is C21H36N4O2. The third-order valence-corrected chi connectivity index (χ3v) is 5.84. The Morgan fingerprint density at radius 1 is 1.19 bits per heavy atom. The molecule has 2 saturated heterocycles. The maximum absolute atomic E-state index is 11.6.